The maximum atomic E-state index is 14.8. The van der Waals surface area contributed by atoms with Gasteiger partial charge >= 0.3 is 11.9 Å². The topological polar surface area (TPSA) is 141 Å². The van der Waals surface area contributed by atoms with E-state index in [0.29, 0.717) is 38.9 Å². The van der Waals surface area contributed by atoms with Crippen molar-refractivity contribution in [2.75, 3.05) is 37.6 Å². The molecule has 3 aromatic rings. The Morgan fingerprint density at radius 2 is 1.81 bits per heavy atom. The van der Waals surface area contributed by atoms with E-state index in [0.717, 1.165) is 6.07 Å². The fourth-order valence-electron chi connectivity index (χ4n) is 5.44. The Hall–Kier alpha value is -4.68. The third-order valence-corrected chi connectivity index (χ3v) is 7.91. The number of methoxy groups -OCH3 is 2. The molecule has 0 radical (unpaired) electrons. The van der Waals surface area contributed by atoms with Gasteiger partial charge in [-0.2, -0.15) is 0 Å². The highest BCUT2D eigenvalue weighted by Gasteiger charge is 2.41. The Balaban J connectivity index is 1.77. The highest BCUT2D eigenvalue weighted by Crippen LogP contribution is 2.45. The number of para-hydroxylation sites is 1. The zero-order valence-electron chi connectivity index (χ0n) is 27.3. The van der Waals surface area contributed by atoms with E-state index >= 15 is 0 Å². The largest absolute Gasteiger partial charge is 0.493 e. The lowest BCUT2D eigenvalue weighted by Crippen LogP contribution is -2.46. The summed E-state index contributed by atoms with van der Waals surface area (Å²) in [5.41, 5.74) is 1.06. The summed E-state index contributed by atoms with van der Waals surface area (Å²) in [6.45, 7) is 5.02. The van der Waals surface area contributed by atoms with Crippen LogP contribution in [0, 0.1) is 11.2 Å². The number of carbonyl (C=O) groups excluding carboxylic acids is 3. The summed E-state index contributed by atoms with van der Waals surface area (Å²) < 4.78 is 37.8. The summed E-state index contributed by atoms with van der Waals surface area (Å²) in [5, 5.41) is 11.9. The average molecular weight is 685 g/mol. The van der Waals surface area contributed by atoms with Crippen LogP contribution < -0.4 is 19.7 Å². The number of carbonyl (C=O) groups is 4. The van der Waals surface area contributed by atoms with E-state index in [9.17, 15) is 23.6 Å². The van der Waals surface area contributed by atoms with Crippen LogP contribution in [0.4, 0.5) is 15.8 Å². The van der Waals surface area contributed by atoms with E-state index in [-0.39, 0.29) is 31.7 Å². The van der Waals surface area contributed by atoms with Crippen molar-refractivity contribution in [3.8, 4) is 11.5 Å². The minimum atomic E-state index is -1.39. The number of carboxylic acid groups (broad SMARTS) is 1. The first-order valence-electron chi connectivity index (χ1n) is 15.1. The van der Waals surface area contributed by atoms with E-state index < -0.39 is 53.6 Å². The molecule has 2 atom stereocenters. The van der Waals surface area contributed by atoms with Gasteiger partial charge in [-0.25, -0.2) is 4.39 Å². The Kier molecular flexibility index (Phi) is 11.7. The van der Waals surface area contributed by atoms with Gasteiger partial charge in [-0.1, -0.05) is 43.6 Å². The van der Waals surface area contributed by atoms with Crippen LogP contribution >= 0.6 is 11.6 Å². The minimum absolute atomic E-state index is 0.00563. The lowest BCUT2D eigenvalue weighted by Gasteiger charge is -2.33. The van der Waals surface area contributed by atoms with E-state index in [1.54, 1.807) is 36.4 Å². The highest BCUT2D eigenvalue weighted by molar-refractivity contribution is 6.30. The number of ether oxygens (including phenoxy) is 4. The number of esters is 1. The minimum Gasteiger partial charge on any atom is -0.493 e. The second kappa shape index (κ2) is 15.5. The van der Waals surface area contributed by atoms with Crippen molar-refractivity contribution in [1.82, 2.24) is 0 Å². The second-order valence-corrected chi connectivity index (χ2v) is 12.6. The molecule has 0 saturated heterocycles. The molecule has 11 nitrogen and oxygen atoms in total. The molecule has 0 bridgehead atoms. The number of carboxylic acids is 1. The molecule has 0 saturated carbocycles. The first-order valence-corrected chi connectivity index (χ1v) is 15.5. The molecule has 4 rings (SSSR count). The number of aryl methyl sites for hydroxylation is 1. The molecule has 1 aliphatic heterocycles. The van der Waals surface area contributed by atoms with Crippen LogP contribution in [-0.2, 0) is 35.1 Å². The van der Waals surface area contributed by atoms with E-state index in [1.165, 1.54) is 38.2 Å². The number of nitrogens with zero attached hydrogens (tertiary/aromatic N) is 1. The van der Waals surface area contributed by atoms with Crippen molar-refractivity contribution in [1.29, 1.82) is 0 Å². The van der Waals surface area contributed by atoms with Gasteiger partial charge in [0.1, 0.15) is 18.0 Å². The van der Waals surface area contributed by atoms with Crippen molar-refractivity contribution in [2.24, 2.45) is 5.41 Å². The molecule has 48 heavy (non-hydrogen) atoms. The number of benzene rings is 3. The molecule has 1 heterocycles. The van der Waals surface area contributed by atoms with Crippen LogP contribution in [0.25, 0.3) is 0 Å². The van der Waals surface area contributed by atoms with Gasteiger partial charge in [0.25, 0.3) is 5.91 Å². The predicted octanol–water partition coefficient (Wildman–Crippen LogP) is 5.95. The van der Waals surface area contributed by atoms with Crippen molar-refractivity contribution in [3.63, 3.8) is 0 Å². The van der Waals surface area contributed by atoms with Crippen LogP contribution in [0.2, 0.25) is 5.02 Å². The Morgan fingerprint density at radius 1 is 1.06 bits per heavy atom. The number of amides is 2. The summed E-state index contributed by atoms with van der Waals surface area (Å²) in [6, 6.07) is 14.1. The average Bonchev–Trinajstić information content (AvgIpc) is 3.13. The molecular weight excluding hydrogens is 647 g/mol. The number of halogens is 2. The van der Waals surface area contributed by atoms with Gasteiger partial charge in [0.15, 0.2) is 11.5 Å². The van der Waals surface area contributed by atoms with Crippen molar-refractivity contribution in [3.05, 3.63) is 82.1 Å². The molecule has 0 spiro atoms. The fraction of sp³-hybridized carbons (Fsp3) is 0.371. The molecule has 2 N–H and O–H groups in total. The molecule has 2 amide bonds. The number of hydrogen-bond acceptors (Lipinski definition) is 8. The number of nitrogens with one attached hydrogen (secondary N) is 1. The van der Waals surface area contributed by atoms with E-state index in [4.69, 9.17) is 35.7 Å². The van der Waals surface area contributed by atoms with Crippen LogP contribution in [0.5, 0.6) is 11.5 Å². The maximum Gasteiger partial charge on any atom is 0.303 e. The van der Waals surface area contributed by atoms with Crippen LogP contribution in [0.15, 0.2) is 54.6 Å². The molecular formula is C35H38ClFN2O9. The van der Waals surface area contributed by atoms with E-state index in [2.05, 4.69) is 5.32 Å². The first kappa shape index (κ1) is 36.2. The summed E-state index contributed by atoms with van der Waals surface area (Å²) in [5.74, 6) is -2.75. The molecule has 3 aromatic carbocycles. The van der Waals surface area contributed by atoms with Crippen molar-refractivity contribution in [2.45, 2.75) is 52.2 Å². The summed E-state index contributed by atoms with van der Waals surface area (Å²) >= 11 is 6.49. The quantitative estimate of drug-likeness (QED) is 0.209. The standard InChI is InChI=1S/C35H38ClFN2O9/c1-20(40)47-19-35(2,3)18-39-27-13-11-22(36)16-24(27)32(23-7-6-8-28(45-4)33(23)46-5)48-29(34(39)44)17-30(41)38-26-15-21(9-12-25(26)37)10-14-31(42)43/h6-9,11-13,15-16,29,32H,10,14,17-19H2,1-5H3,(H,38,41)(H,42,43). The normalized spacial score (nSPS) is 16.1. The summed E-state index contributed by atoms with van der Waals surface area (Å²) in [4.78, 5) is 52.0. The summed E-state index contributed by atoms with van der Waals surface area (Å²) in [6.07, 6.45) is -2.93. The van der Waals surface area contributed by atoms with Gasteiger partial charge in [0.05, 0.1) is 32.9 Å². The van der Waals surface area contributed by atoms with Crippen molar-refractivity contribution >= 4 is 46.7 Å². The van der Waals surface area contributed by atoms with E-state index in [1.807, 2.05) is 13.8 Å². The van der Waals surface area contributed by atoms with Crippen LogP contribution in [-0.4, -0.2) is 62.3 Å². The molecule has 256 valence electrons. The smallest absolute Gasteiger partial charge is 0.303 e. The number of aliphatic carboxylic acids is 1. The SMILES string of the molecule is COc1cccc(C2OC(CC(=O)Nc3cc(CCC(=O)O)ccc3F)C(=O)N(CC(C)(C)COC(C)=O)c3ccc(Cl)cc32)c1OC. The fourth-order valence-corrected chi connectivity index (χ4v) is 5.62. The summed E-state index contributed by atoms with van der Waals surface area (Å²) in [7, 11) is 2.95. The van der Waals surface area contributed by atoms with Gasteiger partial charge in [-0.15, -0.1) is 0 Å². The number of hydrogen-bond donors (Lipinski definition) is 2. The number of anilines is 2. The highest BCUT2D eigenvalue weighted by atomic mass is 35.5. The molecule has 1 aliphatic rings. The van der Waals surface area contributed by atoms with Gasteiger partial charge in [0, 0.05) is 47.1 Å². The lowest BCUT2D eigenvalue weighted by atomic mass is 9.92. The first-order chi connectivity index (χ1) is 22.7. The third kappa shape index (κ3) is 8.81. The maximum absolute atomic E-state index is 14.8. The zero-order valence-corrected chi connectivity index (χ0v) is 28.1. The van der Waals surface area contributed by atoms with Crippen LogP contribution in [0.1, 0.15) is 56.4 Å². The Morgan fingerprint density at radius 3 is 2.48 bits per heavy atom. The zero-order chi connectivity index (χ0) is 35.2. The van der Waals surface area contributed by atoms with Crippen molar-refractivity contribution < 1.29 is 47.6 Å². The predicted molar refractivity (Wildman–Crippen MR) is 176 cm³/mol. The molecule has 0 fully saturated rings. The van der Waals surface area contributed by atoms with Gasteiger partial charge in [-0.05, 0) is 48.4 Å². The number of fused-ring (bicyclic) bond motifs is 1. The van der Waals surface area contributed by atoms with Gasteiger partial charge < -0.3 is 34.3 Å². The Labute approximate surface area is 282 Å². The molecule has 0 aliphatic carbocycles. The Bertz CT molecular complexity index is 1700. The molecule has 2 unspecified atom stereocenters. The molecule has 0 aromatic heterocycles. The second-order valence-electron chi connectivity index (χ2n) is 12.1. The van der Waals surface area contributed by atoms with Gasteiger partial charge in [-0.3, -0.25) is 19.2 Å². The van der Waals surface area contributed by atoms with Crippen LogP contribution in [0.3, 0.4) is 0 Å². The number of rotatable bonds is 13. The monoisotopic (exact) mass is 684 g/mol. The van der Waals surface area contributed by atoms with Gasteiger partial charge in [0.2, 0.25) is 5.91 Å². The lowest BCUT2D eigenvalue weighted by molar-refractivity contribution is -0.144. The molecule has 13 heteroatoms. The third-order valence-electron chi connectivity index (χ3n) is 7.68.